The minimum atomic E-state index is -4.52. The van der Waals surface area contributed by atoms with E-state index in [2.05, 4.69) is 10.0 Å². The molecule has 144 valence electrons. The maximum atomic E-state index is 12.6. The van der Waals surface area contributed by atoms with Crippen molar-refractivity contribution in [3.8, 4) is 0 Å². The highest BCUT2D eigenvalue weighted by molar-refractivity contribution is 7.92. The summed E-state index contributed by atoms with van der Waals surface area (Å²) in [6.07, 6.45) is -2.47. The predicted octanol–water partition coefficient (Wildman–Crippen LogP) is 5.11. The van der Waals surface area contributed by atoms with E-state index >= 15 is 0 Å². The van der Waals surface area contributed by atoms with Crippen LogP contribution in [0.3, 0.4) is 0 Å². The molecule has 0 aromatic heterocycles. The molecule has 8 heteroatoms. The molecule has 1 heterocycles. The van der Waals surface area contributed by atoms with Gasteiger partial charge in [0.15, 0.2) is 0 Å². The molecule has 0 amide bonds. The van der Waals surface area contributed by atoms with Gasteiger partial charge in [-0.15, -0.1) is 0 Å². The van der Waals surface area contributed by atoms with E-state index in [4.69, 9.17) is 0 Å². The number of rotatable bonds is 3. The van der Waals surface area contributed by atoms with Crippen LogP contribution in [0.1, 0.15) is 31.9 Å². The molecule has 2 N–H and O–H groups in total. The molecule has 0 unspecified atom stereocenters. The van der Waals surface area contributed by atoms with Crippen molar-refractivity contribution in [2.45, 2.75) is 37.4 Å². The van der Waals surface area contributed by atoms with Crippen molar-refractivity contribution in [3.05, 3.63) is 59.7 Å². The maximum Gasteiger partial charge on any atom is 0.416 e. The number of fused-ring (bicyclic) bond motifs is 1. The van der Waals surface area contributed by atoms with Gasteiger partial charge in [0.1, 0.15) is 0 Å². The molecule has 0 bridgehead atoms. The molecule has 2 aromatic rings. The first kappa shape index (κ1) is 19.3. The standard InChI is InChI=1S/C19H19F3N2O2S/c1-12-11-18(2,3)23-17-9-6-14(10-16(12)17)24-27(25,26)15-7-4-13(5-8-15)19(20,21)22/h4-11,23-24H,1-3H3. The first-order valence-corrected chi connectivity index (χ1v) is 9.68. The van der Waals surface area contributed by atoms with Gasteiger partial charge in [0, 0.05) is 16.9 Å². The van der Waals surface area contributed by atoms with Gasteiger partial charge in [-0.3, -0.25) is 4.72 Å². The van der Waals surface area contributed by atoms with Gasteiger partial charge in [-0.1, -0.05) is 6.08 Å². The molecule has 0 saturated carbocycles. The molecule has 2 aromatic carbocycles. The largest absolute Gasteiger partial charge is 0.416 e. The van der Waals surface area contributed by atoms with Crippen molar-refractivity contribution in [2.24, 2.45) is 0 Å². The molecule has 3 rings (SSSR count). The molecule has 0 aliphatic carbocycles. The fraction of sp³-hybridized carbons (Fsp3) is 0.263. The summed E-state index contributed by atoms with van der Waals surface area (Å²) in [5.74, 6) is 0. The third-order valence-corrected chi connectivity index (χ3v) is 5.62. The summed E-state index contributed by atoms with van der Waals surface area (Å²) in [6.45, 7) is 6.00. The molecule has 1 aliphatic rings. The second-order valence-electron chi connectivity index (χ2n) is 7.06. The number of hydrogen-bond donors (Lipinski definition) is 2. The average Bonchev–Trinajstić information content (AvgIpc) is 2.54. The van der Waals surface area contributed by atoms with Crippen molar-refractivity contribution in [1.82, 2.24) is 0 Å². The van der Waals surface area contributed by atoms with Gasteiger partial charge >= 0.3 is 6.18 Å². The van der Waals surface area contributed by atoms with E-state index in [1.165, 1.54) is 0 Å². The van der Waals surface area contributed by atoms with Crippen molar-refractivity contribution in [2.75, 3.05) is 10.0 Å². The number of halogens is 3. The lowest BCUT2D eigenvalue weighted by atomic mass is 9.91. The van der Waals surface area contributed by atoms with Crippen LogP contribution in [0.5, 0.6) is 0 Å². The Hall–Kier alpha value is -2.48. The van der Waals surface area contributed by atoms with Crippen molar-refractivity contribution in [1.29, 1.82) is 0 Å². The Morgan fingerprint density at radius 3 is 2.26 bits per heavy atom. The Morgan fingerprint density at radius 2 is 1.67 bits per heavy atom. The number of hydrogen-bond acceptors (Lipinski definition) is 3. The van der Waals surface area contributed by atoms with E-state index < -0.39 is 21.8 Å². The van der Waals surface area contributed by atoms with E-state index in [1.807, 2.05) is 26.8 Å². The van der Waals surface area contributed by atoms with Crippen LogP contribution in [0.4, 0.5) is 24.5 Å². The third kappa shape index (κ3) is 4.10. The molecule has 0 atom stereocenters. The van der Waals surface area contributed by atoms with Crippen LogP contribution in [0, 0.1) is 0 Å². The van der Waals surface area contributed by atoms with Crippen LogP contribution in [0.25, 0.3) is 5.57 Å². The highest BCUT2D eigenvalue weighted by atomic mass is 32.2. The van der Waals surface area contributed by atoms with Crippen molar-refractivity contribution >= 4 is 27.0 Å². The van der Waals surface area contributed by atoms with Gasteiger partial charge < -0.3 is 5.32 Å². The molecule has 27 heavy (non-hydrogen) atoms. The smallest absolute Gasteiger partial charge is 0.376 e. The van der Waals surface area contributed by atoms with E-state index in [0.29, 0.717) is 5.69 Å². The number of nitrogens with one attached hydrogen (secondary N) is 2. The molecule has 0 saturated heterocycles. The zero-order chi connectivity index (χ0) is 20.0. The topological polar surface area (TPSA) is 58.2 Å². The molecule has 4 nitrogen and oxygen atoms in total. The van der Waals surface area contributed by atoms with E-state index in [9.17, 15) is 21.6 Å². The van der Waals surface area contributed by atoms with Gasteiger partial charge in [0.05, 0.1) is 16.0 Å². The minimum Gasteiger partial charge on any atom is -0.376 e. The van der Waals surface area contributed by atoms with Gasteiger partial charge in [-0.2, -0.15) is 13.2 Å². The van der Waals surface area contributed by atoms with Crippen LogP contribution in [0.2, 0.25) is 0 Å². The van der Waals surface area contributed by atoms with Crippen LogP contribution >= 0.6 is 0 Å². The highest BCUT2D eigenvalue weighted by Gasteiger charge is 2.30. The second-order valence-corrected chi connectivity index (χ2v) is 8.74. The van der Waals surface area contributed by atoms with E-state index in [1.54, 1.807) is 18.2 Å². The van der Waals surface area contributed by atoms with Crippen LogP contribution in [0.15, 0.2) is 53.4 Å². The van der Waals surface area contributed by atoms with Crippen molar-refractivity contribution < 1.29 is 21.6 Å². The van der Waals surface area contributed by atoms with Gasteiger partial charge in [0.2, 0.25) is 0 Å². The molecule has 0 spiro atoms. The molecular weight excluding hydrogens is 377 g/mol. The monoisotopic (exact) mass is 396 g/mol. The summed E-state index contributed by atoms with van der Waals surface area (Å²) in [6, 6.07) is 8.48. The number of sulfonamides is 1. The lowest BCUT2D eigenvalue weighted by Crippen LogP contribution is -2.31. The SMILES string of the molecule is CC1=CC(C)(C)Nc2ccc(NS(=O)(=O)c3ccc(C(F)(F)F)cc3)cc21. The average molecular weight is 396 g/mol. The molecule has 0 fully saturated rings. The molecular formula is C19H19F3N2O2S. The molecule has 0 radical (unpaired) electrons. The quantitative estimate of drug-likeness (QED) is 0.758. The fourth-order valence-electron chi connectivity index (χ4n) is 3.08. The third-order valence-electron chi connectivity index (χ3n) is 4.22. The fourth-order valence-corrected chi connectivity index (χ4v) is 4.13. The number of anilines is 2. The Bertz CT molecular complexity index is 1010. The summed E-state index contributed by atoms with van der Waals surface area (Å²) in [4.78, 5) is -0.236. The second kappa shape index (κ2) is 6.30. The Labute approximate surface area is 156 Å². The normalized spacial score (nSPS) is 16.1. The zero-order valence-corrected chi connectivity index (χ0v) is 15.8. The first-order chi connectivity index (χ1) is 12.4. The van der Waals surface area contributed by atoms with Crippen LogP contribution in [-0.4, -0.2) is 14.0 Å². The van der Waals surface area contributed by atoms with E-state index in [0.717, 1.165) is 41.1 Å². The van der Waals surface area contributed by atoms with E-state index in [-0.39, 0.29) is 10.4 Å². The Balaban J connectivity index is 1.88. The van der Waals surface area contributed by atoms with Gasteiger partial charge in [0.25, 0.3) is 10.0 Å². The number of alkyl halides is 3. The predicted molar refractivity (Wildman–Crippen MR) is 100 cm³/mol. The van der Waals surface area contributed by atoms with Gasteiger partial charge in [-0.05, 0) is 68.8 Å². The van der Waals surface area contributed by atoms with Crippen molar-refractivity contribution in [3.63, 3.8) is 0 Å². The number of allylic oxidation sites excluding steroid dienone is 1. The minimum absolute atomic E-state index is 0.210. The summed E-state index contributed by atoms with van der Waals surface area (Å²) in [5, 5.41) is 3.35. The number of benzene rings is 2. The Kier molecular flexibility index (Phi) is 4.50. The van der Waals surface area contributed by atoms with Crippen LogP contribution < -0.4 is 10.0 Å². The van der Waals surface area contributed by atoms with Crippen LogP contribution in [-0.2, 0) is 16.2 Å². The lowest BCUT2D eigenvalue weighted by Gasteiger charge is -2.31. The zero-order valence-electron chi connectivity index (χ0n) is 15.0. The summed E-state index contributed by atoms with van der Waals surface area (Å²) >= 11 is 0. The molecule has 1 aliphatic heterocycles. The van der Waals surface area contributed by atoms with Gasteiger partial charge in [-0.25, -0.2) is 8.42 Å². The maximum absolute atomic E-state index is 12.6. The lowest BCUT2D eigenvalue weighted by molar-refractivity contribution is -0.137. The summed E-state index contributed by atoms with van der Waals surface area (Å²) < 4.78 is 65.3. The summed E-state index contributed by atoms with van der Waals surface area (Å²) in [7, 11) is -4.00. The first-order valence-electron chi connectivity index (χ1n) is 8.20. The Morgan fingerprint density at radius 1 is 1.04 bits per heavy atom. The summed E-state index contributed by atoms with van der Waals surface area (Å²) in [5.41, 5.74) is 1.98. The highest BCUT2D eigenvalue weighted by Crippen LogP contribution is 2.36.